The summed E-state index contributed by atoms with van der Waals surface area (Å²) in [4.78, 5) is 11.9. The van der Waals surface area contributed by atoms with Gasteiger partial charge >= 0.3 is 0 Å². The van der Waals surface area contributed by atoms with Crippen LogP contribution in [0.1, 0.15) is 24.2 Å². The van der Waals surface area contributed by atoms with Crippen molar-refractivity contribution in [1.29, 1.82) is 0 Å². The molecule has 0 fully saturated rings. The summed E-state index contributed by atoms with van der Waals surface area (Å²) >= 11 is 0. The maximum absolute atomic E-state index is 11.9. The standard InChI is InChI=1S/C16H19N3O3/c1-10-7-15(19-22-10)18-16(20)8-17-11(2)13-9-21-14-6-4-3-5-12(13)14/h3-7,11,13,17H,8-9H2,1-2H3,(H,18,19,20). The molecule has 1 aromatic heterocycles. The number of carbonyl (C=O) groups is 1. The fourth-order valence-corrected chi connectivity index (χ4v) is 2.61. The third-order valence-corrected chi connectivity index (χ3v) is 3.82. The van der Waals surface area contributed by atoms with Gasteiger partial charge in [-0.3, -0.25) is 4.79 Å². The minimum absolute atomic E-state index is 0.133. The molecular weight excluding hydrogens is 282 g/mol. The Labute approximate surface area is 128 Å². The number of anilines is 1. The zero-order valence-electron chi connectivity index (χ0n) is 12.6. The van der Waals surface area contributed by atoms with Gasteiger partial charge in [-0.2, -0.15) is 0 Å². The number of fused-ring (bicyclic) bond motifs is 1. The first-order valence-corrected chi connectivity index (χ1v) is 7.32. The van der Waals surface area contributed by atoms with Gasteiger partial charge in [-0.05, 0) is 19.9 Å². The molecule has 3 rings (SSSR count). The Morgan fingerprint density at radius 2 is 2.27 bits per heavy atom. The van der Waals surface area contributed by atoms with Crippen LogP contribution >= 0.6 is 0 Å². The van der Waals surface area contributed by atoms with Crippen molar-refractivity contribution in [2.75, 3.05) is 18.5 Å². The van der Waals surface area contributed by atoms with E-state index < -0.39 is 0 Å². The molecule has 0 aliphatic carbocycles. The van der Waals surface area contributed by atoms with Gasteiger partial charge < -0.3 is 19.9 Å². The van der Waals surface area contributed by atoms with Crippen LogP contribution < -0.4 is 15.4 Å². The van der Waals surface area contributed by atoms with E-state index in [0.717, 1.165) is 5.75 Å². The molecule has 2 N–H and O–H groups in total. The van der Waals surface area contributed by atoms with E-state index in [2.05, 4.69) is 28.8 Å². The number of ether oxygens (including phenoxy) is 1. The summed E-state index contributed by atoms with van der Waals surface area (Å²) in [7, 11) is 0. The van der Waals surface area contributed by atoms with Crippen LogP contribution in [0.25, 0.3) is 0 Å². The highest BCUT2D eigenvalue weighted by molar-refractivity contribution is 5.91. The van der Waals surface area contributed by atoms with Crippen molar-refractivity contribution < 1.29 is 14.1 Å². The molecule has 2 aromatic rings. The second-order valence-corrected chi connectivity index (χ2v) is 5.50. The molecule has 2 heterocycles. The predicted octanol–water partition coefficient (Wildman–Crippen LogP) is 2.08. The molecule has 0 bridgehead atoms. The maximum atomic E-state index is 11.9. The quantitative estimate of drug-likeness (QED) is 0.884. The Morgan fingerprint density at radius 1 is 1.45 bits per heavy atom. The number of carbonyl (C=O) groups excluding carboxylic acids is 1. The lowest BCUT2D eigenvalue weighted by atomic mass is 9.94. The van der Waals surface area contributed by atoms with Gasteiger partial charge in [0.05, 0.1) is 13.2 Å². The lowest BCUT2D eigenvalue weighted by Crippen LogP contribution is -2.38. The van der Waals surface area contributed by atoms with Crippen molar-refractivity contribution in [3.63, 3.8) is 0 Å². The molecule has 0 radical (unpaired) electrons. The SMILES string of the molecule is Cc1cc(NC(=O)CNC(C)C2COc3ccccc32)no1. The van der Waals surface area contributed by atoms with Gasteiger partial charge in [-0.1, -0.05) is 23.4 Å². The number of benzene rings is 1. The zero-order valence-corrected chi connectivity index (χ0v) is 12.6. The number of hydrogen-bond donors (Lipinski definition) is 2. The molecule has 2 unspecified atom stereocenters. The molecule has 22 heavy (non-hydrogen) atoms. The van der Waals surface area contributed by atoms with E-state index in [1.54, 1.807) is 13.0 Å². The number of para-hydroxylation sites is 1. The molecule has 6 nitrogen and oxygen atoms in total. The molecule has 116 valence electrons. The van der Waals surface area contributed by atoms with Crippen LogP contribution in [-0.4, -0.2) is 30.3 Å². The normalized spacial score (nSPS) is 17.6. The fourth-order valence-electron chi connectivity index (χ4n) is 2.61. The van der Waals surface area contributed by atoms with E-state index in [1.807, 2.05) is 18.2 Å². The highest BCUT2D eigenvalue weighted by Crippen LogP contribution is 2.35. The number of amides is 1. The number of aromatic nitrogens is 1. The topological polar surface area (TPSA) is 76.4 Å². The van der Waals surface area contributed by atoms with Gasteiger partial charge in [0, 0.05) is 23.6 Å². The van der Waals surface area contributed by atoms with Gasteiger partial charge in [0.1, 0.15) is 11.5 Å². The smallest absolute Gasteiger partial charge is 0.239 e. The second-order valence-electron chi connectivity index (χ2n) is 5.50. The molecule has 1 aromatic carbocycles. The van der Waals surface area contributed by atoms with E-state index in [9.17, 15) is 4.79 Å². The number of hydrogen-bond acceptors (Lipinski definition) is 5. The zero-order chi connectivity index (χ0) is 15.5. The monoisotopic (exact) mass is 301 g/mol. The van der Waals surface area contributed by atoms with Gasteiger partial charge in [-0.15, -0.1) is 0 Å². The van der Waals surface area contributed by atoms with E-state index in [1.165, 1.54) is 5.56 Å². The van der Waals surface area contributed by atoms with E-state index >= 15 is 0 Å². The van der Waals surface area contributed by atoms with Gasteiger partial charge in [0.2, 0.25) is 5.91 Å². The van der Waals surface area contributed by atoms with Crippen molar-refractivity contribution >= 4 is 11.7 Å². The molecule has 0 spiro atoms. The molecule has 0 saturated heterocycles. The van der Waals surface area contributed by atoms with Crippen molar-refractivity contribution in [3.05, 3.63) is 41.7 Å². The van der Waals surface area contributed by atoms with Crippen molar-refractivity contribution in [2.24, 2.45) is 0 Å². The van der Waals surface area contributed by atoms with Crippen molar-refractivity contribution in [3.8, 4) is 5.75 Å². The van der Waals surface area contributed by atoms with Crippen LogP contribution in [0.5, 0.6) is 5.75 Å². The number of nitrogens with zero attached hydrogens (tertiary/aromatic N) is 1. The summed E-state index contributed by atoms with van der Waals surface area (Å²) in [5.74, 6) is 2.14. The number of nitrogens with one attached hydrogen (secondary N) is 2. The summed E-state index contributed by atoms with van der Waals surface area (Å²) in [6, 6.07) is 9.83. The number of aryl methyl sites for hydroxylation is 1. The Hall–Kier alpha value is -2.34. The first kappa shape index (κ1) is 14.6. The minimum atomic E-state index is -0.146. The average Bonchev–Trinajstić information content (AvgIpc) is 3.11. The van der Waals surface area contributed by atoms with Crippen LogP contribution in [0, 0.1) is 6.92 Å². The molecular formula is C16H19N3O3. The van der Waals surface area contributed by atoms with Gasteiger partial charge in [-0.25, -0.2) is 0 Å². The van der Waals surface area contributed by atoms with Gasteiger partial charge in [0.25, 0.3) is 0 Å². The Morgan fingerprint density at radius 3 is 3.05 bits per heavy atom. The Kier molecular flexibility index (Phi) is 4.11. The van der Waals surface area contributed by atoms with Crippen LogP contribution in [0.15, 0.2) is 34.9 Å². The van der Waals surface area contributed by atoms with Crippen LogP contribution in [0.4, 0.5) is 5.82 Å². The summed E-state index contributed by atoms with van der Waals surface area (Å²) in [5.41, 5.74) is 1.19. The van der Waals surface area contributed by atoms with E-state index in [0.29, 0.717) is 18.2 Å². The van der Waals surface area contributed by atoms with Crippen molar-refractivity contribution in [1.82, 2.24) is 10.5 Å². The third kappa shape index (κ3) is 3.12. The predicted molar refractivity (Wildman–Crippen MR) is 82.0 cm³/mol. The van der Waals surface area contributed by atoms with Crippen molar-refractivity contribution in [2.45, 2.75) is 25.8 Å². The number of rotatable bonds is 5. The second kappa shape index (κ2) is 6.19. The summed E-state index contributed by atoms with van der Waals surface area (Å²) in [6.07, 6.45) is 0. The Balaban J connectivity index is 1.52. The lowest BCUT2D eigenvalue weighted by Gasteiger charge is -2.19. The molecule has 1 aliphatic heterocycles. The van der Waals surface area contributed by atoms with E-state index in [-0.39, 0.29) is 24.4 Å². The van der Waals surface area contributed by atoms with Crippen LogP contribution in [0.2, 0.25) is 0 Å². The maximum Gasteiger partial charge on any atom is 0.239 e. The molecule has 2 atom stereocenters. The van der Waals surface area contributed by atoms with Crippen LogP contribution in [-0.2, 0) is 4.79 Å². The largest absolute Gasteiger partial charge is 0.493 e. The summed E-state index contributed by atoms with van der Waals surface area (Å²) in [6.45, 7) is 4.69. The third-order valence-electron chi connectivity index (χ3n) is 3.82. The first-order valence-electron chi connectivity index (χ1n) is 7.32. The average molecular weight is 301 g/mol. The molecule has 1 aliphatic rings. The Bertz CT molecular complexity index is 668. The minimum Gasteiger partial charge on any atom is -0.493 e. The molecule has 6 heteroatoms. The summed E-state index contributed by atoms with van der Waals surface area (Å²) in [5, 5.41) is 9.67. The molecule has 0 saturated carbocycles. The first-order chi connectivity index (χ1) is 10.6. The highest BCUT2D eigenvalue weighted by atomic mass is 16.5. The highest BCUT2D eigenvalue weighted by Gasteiger charge is 2.28. The fraction of sp³-hybridized carbons (Fsp3) is 0.375. The summed E-state index contributed by atoms with van der Waals surface area (Å²) < 4.78 is 10.6. The van der Waals surface area contributed by atoms with Gasteiger partial charge in [0.15, 0.2) is 5.82 Å². The molecule has 1 amide bonds. The van der Waals surface area contributed by atoms with E-state index in [4.69, 9.17) is 9.26 Å². The lowest BCUT2D eigenvalue weighted by molar-refractivity contribution is -0.115. The van der Waals surface area contributed by atoms with Crippen LogP contribution in [0.3, 0.4) is 0 Å².